The molecule has 0 amide bonds. The van der Waals surface area contributed by atoms with Crippen LogP contribution in [0.3, 0.4) is 0 Å². The van der Waals surface area contributed by atoms with E-state index in [4.69, 9.17) is 10.00 Å². The molecule has 0 N–H and O–H groups in total. The van der Waals surface area contributed by atoms with E-state index < -0.39 is 0 Å². The summed E-state index contributed by atoms with van der Waals surface area (Å²) in [4.78, 5) is 13.8. The maximum Gasteiger partial charge on any atom is 0.232 e. The Morgan fingerprint density at radius 3 is 2.29 bits per heavy atom. The zero-order valence-corrected chi connectivity index (χ0v) is 17.1. The van der Waals surface area contributed by atoms with Gasteiger partial charge in [-0.2, -0.15) is 5.26 Å². The molecule has 1 aromatic rings. The summed E-state index contributed by atoms with van der Waals surface area (Å²) in [6, 6.07) is 7.83. The first-order valence-electron chi connectivity index (χ1n) is 8.03. The van der Waals surface area contributed by atoms with E-state index in [1.165, 1.54) is 0 Å². The molecule has 0 bridgehead atoms. The summed E-state index contributed by atoms with van der Waals surface area (Å²) in [5.74, 6) is 1.77. The Bertz CT molecular complexity index is 635. The normalized spacial score (nSPS) is 11.5. The highest BCUT2D eigenvalue weighted by molar-refractivity contribution is 14.1. The third kappa shape index (κ3) is 6.16. The van der Waals surface area contributed by atoms with Crippen LogP contribution in [0.1, 0.15) is 33.3 Å². The van der Waals surface area contributed by atoms with Gasteiger partial charge in [-0.3, -0.25) is 4.79 Å². The van der Waals surface area contributed by atoms with Crippen molar-refractivity contribution in [1.29, 1.82) is 5.26 Å². The van der Waals surface area contributed by atoms with E-state index >= 15 is 0 Å². The molecule has 1 rings (SSSR count). The van der Waals surface area contributed by atoms with Crippen LogP contribution in [0.2, 0.25) is 0 Å². The van der Waals surface area contributed by atoms with E-state index in [-0.39, 0.29) is 9.36 Å². The van der Waals surface area contributed by atoms with Crippen LogP contribution in [-0.2, 0) is 4.79 Å². The molecular formula is C19H25IN2O2. The quantitative estimate of drug-likeness (QED) is 0.255. The van der Waals surface area contributed by atoms with Crippen molar-refractivity contribution in [3.8, 4) is 11.8 Å². The third-order valence-corrected chi connectivity index (χ3v) is 3.97. The lowest BCUT2D eigenvalue weighted by atomic mass is 10.1. The Kier molecular flexibility index (Phi) is 8.26. The SMILES string of the molecule is COc1cc(N(CC(C)C)CC(C)C)ccc1/C=C(\C#N)C(=O)I. The van der Waals surface area contributed by atoms with Crippen LogP contribution in [-0.4, -0.2) is 24.0 Å². The number of ether oxygens (including phenoxy) is 1. The summed E-state index contributed by atoms with van der Waals surface area (Å²) < 4.78 is 5.20. The average molecular weight is 440 g/mol. The Balaban J connectivity index is 3.24. The van der Waals surface area contributed by atoms with E-state index in [2.05, 4.69) is 32.6 Å². The molecule has 0 spiro atoms. The van der Waals surface area contributed by atoms with E-state index in [1.807, 2.05) is 24.3 Å². The number of rotatable bonds is 8. The number of methoxy groups -OCH3 is 1. The molecule has 24 heavy (non-hydrogen) atoms. The molecule has 0 unspecified atom stereocenters. The highest BCUT2D eigenvalue weighted by atomic mass is 127. The van der Waals surface area contributed by atoms with Crippen LogP contribution >= 0.6 is 22.6 Å². The van der Waals surface area contributed by atoms with Gasteiger partial charge in [-0.05, 0) is 30.0 Å². The molecule has 0 radical (unpaired) electrons. The van der Waals surface area contributed by atoms with Gasteiger partial charge in [0.2, 0.25) is 3.79 Å². The van der Waals surface area contributed by atoms with Crippen LogP contribution in [0.15, 0.2) is 23.8 Å². The molecule has 4 nitrogen and oxygen atoms in total. The van der Waals surface area contributed by atoms with Crippen molar-refractivity contribution >= 4 is 38.1 Å². The number of hydrogen-bond acceptors (Lipinski definition) is 4. The number of anilines is 1. The first-order chi connectivity index (χ1) is 11.3. The predicted octanol–water partition coefficient (Wildman–Crippen LogP) is 4.68. The standard InChI is InChI=1S/C19H25IN2O2/c1-13(2)11-22(12-14(3)4)17-7-6-15(18(9-17)24-5)8-16(10-21)19(20)23/h6-9,13-14H,11-12H2,1-5H3/b16-8+. The van der Waals surface area contributed by atoms with Gasteiger partial charge in [-0.1, -0.05) is 27.7 Å². The van der Waals surface area contributed by atoms with E-state index in [9.17, 15) is 4.79 Å². The maximum atomic E-state index is 11.4. The summed E-state index contributed by atoms with van der Waals surface area (Å²) in [5, 5.41) is 9.07. The number of halogens is 1. The zero-order chi connectivity index (χ0) is 18.3. The molecule has 0 heterocycles. The Morgan fingerprint density at radius 1 is 1.29 bits per heavy atom. The monoisotopic (exact) mass is 440 g/mol. The van der Waals surface area contributed by atoms with Crippen LogP contribution < -0.4 is 9.64 Å². The van der Waals surface area contributed by atoms with E-state index in [0.29, 0.717) is 17.6 Å². The smallest absolute Gasteiger partial charge is 0.232 e. The minimum atomic E-state index is -0.275. The molecule has 0 aromatic heterocycles. The van der Waals surface area contributed by atoms with Crippen LogP contribution in [0.4, 0.5) is 5.69 Å². The lowest BCUT2D eigenvalue weighted by Crippen LogP contribution is -2.31. The van der Waals surface area contributed by atoms with Crippen molar-refractivity contribution in [3.05, 3.63) is 29.3 Å². The van der Waals surface area contributed by atoms with Crippen LogP contribution in [0.25, 0.3) is 6.08 Å². The van der Waals surface area contributed by atoms with Gasteiger partial charge >= 0.3 is 0 Å². The zero-order valence-electron chi connectivity index (χ0n) is 15.0. The highest BCUT2D eigenvalue weighted by Gasteiger charge is 2.14. The molecule has 0 saturated carbocycles. The molecule has 0 atom stereocenters. The van der Waals surface area contributed by atoms with Gasteiger partial charge in [0.15, 0.2) is 0 Å². The Morgan fingerprint density at radius 2 is 1.88 bits per heavy atom. The number of nitriles is 1. The Hall–Kier alpha value is -1.55. The fraction of sp³-hybridized carbons (Fsp3) is 0.474. The fourth-order valence-electron chi connectivity index (χ4n) is 2.47. The molecule has 5 heteroatoms. The second kappa shape index (κ2) is 9.67. The number of hydrogen-bond donors (Lipinski definition) is 0. The van der Waals surface area contributed by atoms with E-state index in [1.54, 1.807) is 35.8 Å². The molecule has 0 saturated heterocycles. The lowest BCUT2D eigenvalue weighted by molar-refractivity contribution is -0.106. The number of carbonyl (C=O) groups is 1. The van der Waals surface area contributed by atoms with Gasteiger partial charge in [-0.15, -0.1) is 0 Å². The van der Waals surface area contributed by atoms with Crippen molar-refractivity contribution in [2.45, 2.75) is 27.7 Å². The minimum absolute atomic E-state index is 0.114. The van der Waals surface area contributed by atoms with Gasteiger partial charge in [0, 0.05) is 53.0 Å². The van der Waals surface area contributed by atoms with Crippen molar-refractivity contribution in [3.63, 3.8) is 0 Å². The van der Waals surface area contributed by atoms with Gasteiger partial charge < -0.3 is 9.64 Å². The number of nitrogens with zero attached hydrogens (tertiary/aromatic N) is 2. The van der Waals surface area contributed by atoms with Gasteiger partial charge in [0.05, 0.1) is 7.11 Å². The van der Waals surface area contributed by atoms with Crippen molar-refractivity contribution in [2.24, 2.45) is 11.8 Å². The molecule has 0 aliphatic carbocycles. The van der Waals surface area contributed by atoms with Crippen molar-refractivity contribution in [1.82, 2.24) is 0 Å². The molecular weight excluding hydrogens is 415 g/mol. The maximum absolute atomic E-state index is 11.4. The average Bonchev–Trinajstić information content (AvgIpc) is 2.50. The summed E-state index contributed by atoms with van der Waals surface area (Å²) in [7, 11) is 1.60. The second-order valence-corrected chi connectivity index (χ2v) is 7.54. The van der Waals surface area contributed by atoms with Crippen LogP contribution in [0, 0.1) is 23.2 Å². The third-order valence-electron chi connectivity index (χ3n) is 3.39. The lowest BCUT2D eigenvalue weighted by Gasteiger charge is -2.29. The molecule has 0 aliphatic heterocycles. The Labute approximate surface area is 158 Å². The first kappa shape index (κ1) is 20.5. The topological polar surface area (TPSA) is 53.3 Å². The molecule has 0 aliphatic rings. The van der Waals surface area contributed by atoms with Crippen molar-refractivity contribution < 1.29 is 9.53 Å². The van der Waals surface area contributed by atoms with E-state index in [0.717, 1.165) is 24.3 Å². The summed E-state index contributed by atoms with van der Waals surface area (Å²) in [5.41, 5.74) is 1.94. The molecule has 130 valence electrons. The number of benzene rings is 1. The summed E-state index contributed by atoms with van der Waals surface area (Å²) >= 11 is 1.62. The van der Waals surface area contributed by atoms with Gasteiger partial charge in [-0.25, -0.2) is 0 Å². The largest absolute Gasteiger partial charge is 0.496 e. The fourth-order valence-corrected chi connectivity index (χ4v) is 2.75. The predicted molar refractivity (Wildman–Crippen MR) is 108 cm³/mol. The van der Waals surface area contributed by atoms with Crippen LogP contribution in [0.5, 0.6) is 5.75 Å². The molecule has 1 aromatic carbocycles. The number of allylic oxidation sites excluding steroid dienone is 1. The second-order valence-electron chi connectivity index (χ2n) is 6.56. The van der Waals surface area contributed by atoms with Crippen molar-refractivity contribution in [2.75, 3.05) is 25.1 Å². The van der Waals surface area contributed by atoms with Gasteiger partial charge in [0.1, 0.15) is 17.4 Å². The first-order valence-corrected chi connectivity index (χ1v) is 9.11. The number of carbonyl (C=O) groups excluding carboxylic acids is 1. The highest BCUT2D eigenvalue weighted by Crippen LogP contribution is 2.29. The summed E-state index contributed by atoms with van der Waals surface area (Å²) in [6.07, 6.45) is 1.58. The molecule has 0 fully saturated rings. The summed E-state index contributed by atoms with van der Waals surface area (Å²) in [6.45, 7) is 10.7. The van der Waals surface area contributed by atoms with Gasteiger partial charge in [0.25, 0.3) is 0 Å². The minimum Gasteiger partial charge on any atom is -0.496 e.